The van der Waals surface area contributed by atoms with Gasteiger partial charge in [-0.2, -0.15) is 4.98 Å². The Morgan fingerprint density at radius 1 is 1.45 bits per heavy atom. The summed E-state index contributed by atoms with van der Waals surface area (Å²) >= 11 is 1.79. The van der Waals surface area contributed by atoms with Crippen molar-refractivity contribution in [3.8, 4) is 0 Å². The van der Waals surface area contributed by atoms with E-state index < -0.39 is 0 Å². The molecule has 0 aliphatic heterocycles. The van der Waals surface area contributed by atoms with Crippen LogP contribution in [0.25, 0.3) is 0 Å². The number of nitrogens with zero attached hydrogens (tertiary/aromatic N) is 3. The number of nitrogens with one attached hydrogen (secondary N) is 2. The summed E-state index contributed by atoms with van der Waals surface area (Å²) in [6, 6.07) is 4.25. The summed E-state index contributed by atoms with van der Waals surface area (Å²) < 4.78 is 5.08. The highest BCUT2D eigenvalue weighted by Crippen LogP contribution is 2.19. The third kappa shape index (κ3) is 5.14. The van der Waals surface area contributed by atoms with E-state index in [4.69, 9.17) is 4.52 Å². The molecule has 22 heavy (non-hydrogen) atoms. The largest absolute Gasteiger partial charge is 0.356 e. The Morgan fingerprint density at radius 3 is 2.95 bits per heavy atom. The minimum absolute atomic E-state index is 0.472. The fourth-order valence-electron chi connectivity index (χ4n) is 2.03. The highest BCUT2D eigenvalue weighted by atomic mass is 32.1. The van der Waals surface area contributed by atoms with Gasteiger partial charge in [-0.25, -0.2) is 0 Å². The van der Waals surface area contributed by atoms with Crippen LogP contribution >= 0.6 is 11.3 Å². The monoisotopic (exact) mass is 321 g/mol. The van der Waals surface area contributed by atoms with Crippen molar-refractivity contribution in [2.24, 2.45) is 4.99 Å². The molecule has 0 aromatic carbocycles. The Morgan fingerprint density at radius 2 is 2.32 bits per heavy atom. The molecule has 2 aromatic heterocycles. The van der Waals surface area contributed by atoms with Gasteiger partial charge < -0.3 is 15.2 Å². The number of aliphatic imine (C=N–C) groups is 1. The molecule has 7 heteroatoms. The van der Waals surface area contributed by atoms with Crippen LogP contribution in [0.1, 0.15) is 35.9 Å². The molecule has 0 saturated carbocycles. The van der Waals surface area contributed by atoms with Gasteiger partial charge in [-0.3, -0.25) is 4.99 Å². The average molecular weight is 321 g/mol. The van der Waals surface area contributed by atoms with Crippen LogP contribution in [0.15, 0.2) is 27.0 Å². The van der Waals surface area contributed by atoms with Gasteiger partial charge in [0.15, 0.2) is 11.8 Å². The van der Waals surface area contributed by atoms with Gasteiger partial charge in [0.25, 0.3) is 0 Å². The van der Waals surface area contributed by atoms with Crippen LogP contribution in [0, 0.1) is 6.92 Å². The molecular weight excluding hydrogens is 298 g/mol. The lowest BCUT2D eigenvalue weighted by Gasteiger charge is -2.15. The molecule has 2 heterocycles. The maximum absolute atomic E-state index is 5.08. The molecule has 6 nitrogen and oxygen atoms in total. The maximum Gasteiger partial charge on any atom is 0.226 e. The van der Waals surface area contributed by atoms with E-state index >= 15 is 0 Å². The first-order chi connectivity index (χ1) is 10.7. The van der Waals surface area contributed by atoms with Crippen LogP contribution in [-0.2, 0) is 6.42 Å². The quantitative estimate of drug-likeness (QED) is 0.465. The minimum Gasteiger partial charge on any atom is -0.356 e. The average Bonchev–Trinajstić information content (AvgIpc) is 3.18. The maximum atomic E-state index is 5.08. The number of aromatic nitrogens is 2. The third-order valence-electron chi connectivity index (χ3n) is 3.26. The Hall–Kier alpha value is -1.89. The van der Waals surface area contributed by atoms with Crippen LogP contribution in [0.5, 0.6) is 0 Å². The number of rotatable bonds is 7. The van der Waals surface area contributed by atoms with E-state index in [0.717, 1.165) is 31.9 Å². The smallest absolute Gasteiger partial charge is 0.226 e. The van der Waals surface area contributed by atoms with Crippen molar-refractivity contribution < 1.29 is 4.52 Å². The van der Waals surface area contributed by atoms with Gasteiger partial charge in [0, 0.05) is 37.4 Å². The van der Waals surface area contributed by atoms with Gasteiger partial charge in [0.2, 0.25) is 5.89 Å². The number of hydrogen-bond acceptors (Lipinski definition) is 5. The molecule has 0 aliphatic rings. The molecule has 0 spiro atoms. The van der Waals surface area contributed by atoms with Crippen molar-refractivity contribution in [1.29, 1.82) is 0 Å². The van der Waals surface area contributed by atoms with Crippen LogP contribution < -0.4 is 10.6 Å². The summed E-state index contributed by atoms with van der Waals surface area (Å²) in [6.07, 6.45) is 1.69. The van der Waals surface area contributed by atoms with Crippen LogP contribution in [0.2, 0.25) is 0 Å². The lowest BCUT2D eigenvalue weighted by Crippen LogP contribution is -2.39. The summed E-state index contributed by atoms with van der Waals surface area (Å²) in [7, 11) is 1.78. The summed E-state index contributed by atoms with van der Waals surface area (Å²) in [5, 5.41) is 12.5. The third-order valence-corrected chi connectivity index (χ3v) is 4.36. The second-order valence-corrected chi connectivity index (χ2v) is 6.11. The predicted octanol–water partition coefficient (Wildman–Crippen LogP) is 2.34. The van der Waals surface area contributed by atoms with Gasteiger partial charge >= 0.3 is 0 Å². The van der Waals surface area contributed by atoms with E-state index in [1.54, 1.807) is 18.4 Å². The number of aryl methyl sites for hydroxylation is 2. The molecule has 2 N–H and O–H groups in total. The molecule has 0 fully saturated rings. The molecule has 0 amide bonds. The van der Waals surface area contributed by atoms with Gasteiger partial charge in [-0.1, -0.05) is 18.1 Å². The molecule has 2 aromatic rings. The fraction of sp³-hybridized carbons (Fsp3) is 0.533. The second kappa shape index (κ2) is 8.53. The molecule has 0 radical (unpaired) electrons. The first kappa shape index (κ1) is 16.5. The highest BCUT2D eigenvalue weighted by molar-refractivity contribution is 7.10. The summed E-state index contributed by atoms with van der Waals surface area (Å²) in [6.45, 7) is 5.72. The summed E-state index contributed by atoms with van der Waals surface area (Å²) in [5.74, 6) is 2.67. The summed E-state index contributed by atoms with van der Waals surface area (Å²) in [5.41, 5.74) is 0. The number of guanidine groups is 1. The molecule has 1 atom stereocenters. The lowest BCUT2D eigenvalue weighted by atomic mass is 10.1. The zero-order chi connectivity index (χ0) is 15.8. The number of thiophene rings is 1. The van der Waals surface area contributed by atoms with Crippen LogP contribution in [-0.4, -0.2) is 36.2 Å². The van der Waals surface area contributed by atoms with Crippen molar-refractivity contribution in [2.75, 3.05) is 20.1 Å². The van der Waals surface area contributed by atoms with Gasteiger partial charge in [-0.15, -0.1) is 11.3 Å². The van der Waals surface area contributed by atoms with Crippen molar-refractivity contribution in [3.63, 3.8) is 0 Å². The zero-order valence-corrected chi connectivity index (χ0v) is 14.1. The van der Waals surface area contributed by atoms with E-state index in [1.165, 1.54) is 4.88 Å². The Kier molecular flexibility index (Phi) is 6.39. The normalized spacial score (nSPS) is 13.1. The van der Waals surface area contributed by atoms with Crippen LogP contribution in [0.3, 0.4) is 0 Å². The van der Waals surface area contributed by atoms with Crippen molar-refractivity contribution >= 4 is 17.3 Å². The van der Waals surface area contributed by atoms with Gasteiger partial charge in [-0.05, 0) is 24.8 Å². The Bertz CT molecular complexity index is 579. The van der Waals surface area contributed by atoms with Crippen molar-refractivity contribution in [2.45, 2.75) is 32.6 Å². The molecule has 0 aliphatic carbocycles. The predicted molar refractivity (Wildman–Crippen MR) is 89.5 cm³/mol. The topological polar surface area (TPSA) is 75.3 Å². The van der Waals surface area contributed by atoms with E-state index in [9.17, 15) is 0 Å². The minimum atomic E-state index is 0.472. The molecule has 2 rings (SSSR count). The molecule has 1 unspecified atom stereocenters. The van der Waals surface area contributed by atoms with Gasteiger partial charge in [0.05, 0.1) is 0 Å². The van der Waals surface area contributed by atoms with E-state index in [0.29, 0.717) is 17.6 Å². The van der Waals surface area contributed by atoms with Crippen molar-refractivity contribution in [1.82, 2.24) is 20.8 Å². The first-order valence-electron chi connectivity index (χ1n) is 7.46. The fourth-order valence-corrected chi connectivity index (χ4v) is 2.82. The Labute approximate surface area is 135 Å². The molecule has 0 saturated heterocycles. The zero-order valence-electron chi connectivity index (χ0n) is 13.3. The number of hydrogen-bond donors (Lipinski definition) is 2. The first-order valence-corrected chi connectivity index (χ1v) is 8.34. The van der Waals surface area contributed by atoms with E-state index in [1.807, 2.05) is 6.92 Å². The standard InChI is InChI=1S/C15H23N5OS/c1-11(13-6-5-9-22-13)10-18-15(16-3)17-8-4-7-14-19-12(2)20-21-14/h5-6,9,11H,4,7-8,10H2,1-3H3,(H2,16,17,18). The molecule has 0 bridgehead atoms. The van der Waals surface area contributed by atoms with E-state index in [-0.39, 0.29) is 0 Å². The SMILES string of the molecule is CN=C(NCCCc1nc(C)no1)NCC(C)c1cccs1. The lowest BCUT2D eigenvalue weighted by molar-refractivity contribution is 0.372. The Balaban J connectivity index is 1.65. The van der Waals surface area contributed by atoms with Crippen molar-refractivity contribution in [3.05, 3.63) is 34.1 Å². The van der Waals surface area contributed by atoms with Gasteiger partial charge in [0.1, 0.15) is 0 Å². The summed E-state index contributed by atoms with van der Waals surface area (Å²) in [4.78, 5) is 9.81. The van der Waals surface area contributed by atoms with Crippen LogP contribution in [0.4, 0.5) is 0 Å². The molecule has 120 valence electrons. The highest BCUT2D eigenvalue weighted by Gasteiger charge is 2.07. The second-order valence-electron chi connectivity index (χ2n) is 5.14. The van der Waals surface area contributed by atoms with E-state index in [2.05, 4.69) is 50.2 Å². The molecular formula is C15H23N5OS.